The van der Waals surface area contributed by atoms with Crippen molar-refractivity contribution in [3.8, 4) is 0 Å². The van der Waals surface area contributed by atoms with Gasteiger partial charge in [0.05, 0.1) is 0 Å². The van der Waals surface area contributed by atoms with Crippen LogP contribution in [0.1, 0.15) is 38.7 Å². The molecule has 4 nitrogen and oxygen atoms in total. The highest BCUT2D eigenvalue weighted by atomic mass is 16.4. The maximum absolute atomic E-state index is 11.9. The van der Waals surface area contributed by atoms with Crippen LogP contribution >= 0.6 is 0 Å². The fourth-order valence-electron chi connectivity index (χ4n) is 2.28. The number of aliphatic carboxylic acids is 1. The number of rotatable bonds is 8. The first-order chi connectivity index (χ1) is 9.47. The summed E-state index contributed by atoms with van der Waals surface area (Å²) in [5, 5.41) is 11.7. The van der Waals surface area contributed by atoms with E-state index < -0.39 is 5.97 Å². The lowest BCUT2D eigenvalue weighted by Gasteiger charge is -2.16. The third kappa shape index (κ3) is 6.92. The van der Waals surface area contributed by atoms with Gasteiger partial charge in [-0.1, -0.05) is 44.2 Å². The van der Waals surface area contributed by atoms with Crippen LogP contribution in [0.4, 0.5) is 0 Å². The van der Waals surface area contributed by atoms with Gasteiger partial charge in [0, 0.05) is 19.4 Å². The van der Waals surface area contributed by atoms with Crippen LogP contribution in [0.3, 0.4) is 0 Å². The normalized spacial score (nSPS) is 12.2. The van der Waals surface area contributed by atoms with E-state index in [0.29, 0.717) is 12.5 Å². The fourth-order valence-corrected chi connectivity index (χ4v) is 2.28. The lowest BCUT2D eigenvalue weighted by atomic mass is 9.91. The molecule has 0 radical (unpaired) electrons. The number of benzene rings is 1. The Morgan fingerprint density at radius 2 is 1.80 bits per heavy atom. The van der Waals surface area contributed by atoms with Gasteiger partial charge in [-0.25, -0.2) is 0 Å². The molecule has 0 spiro atoms. The van der Waals surface area contributed by atoms with Crippen LogP contribution in [0.15, 0.2) is 30.3 Å². The number of amides is 1. The minimum absolute atomic E-state index is 0.0525. The minimum atomic E-state index is -0.841. The summed E-state index contributed by atoms with van der Waals surface area (Å²) in [4.78, 5) is 22.7. The average Bonchev–Trinajstić information content (AvgIpc) is 2.36. The second-order valence-corrected chi connectivity index (χ2v) is 5.56. The number of carbonyl (C=O) groups excluding carboxylic acids is 1. The first kappa shape index (κ1) is 16.2. The lowest BCUT2D eigenvalue weighted by Crippen LogP contribution is -2.26. The van der Waals surface area contributed by atoms with Crippen molar-refractivity contribution >= 4 is 11.9 Å². The van der Waals surface area contributed by atoms with Crippen molar-refractivity contribution in [2.45, 2.75) is 39.7 Å². The van der Waals surface area contributed by atoms with Gasteiger partial charge < -0.3 is 10.4 Å². The van der Waals surface area contributed by atoms with E-state index in [2.05, 4.69) is 5.32 Å². The SMILES string of the molecule is CC(C)C[C@@H](CC(=O)O)CC(=O)NCc1ccccc1. The van der Waals surface area contributed by atoms with Crippen molar-refractivity contribution in [3.63, 3.8) is 0 Å². The summed E-state index contributed by atoms with van der Waals surface area (Å²) in [5.74, 6) is -0.628. The highest BCUT2D eigenvalue weighted by Crippen LogP contribution is 2.19. The zero-order chi connectivity index (χ0) is 15.0. The second kappa shape index (κ2) is 8.35. The first-order valence-corrected chi connectivity index (χ1v) is 6.99. The molecule has 0 aliphatic heterocycles. The molecule has 2 N–H and O–H groups in total. The highest BCUT2D eigenvalue weighted by Gasteiger charge is 2.18. The molecular weight excluding hydrogens is 254 g/mol. The molecule has 20 heavy (non-hydrogen) atoms. The van der Waals surface area contributed by atoms with E-state index >= 15 is 0 Å². The van der Waals surface area contributed by atoms with E-state index in [1.807, 2.05) is 44.2 Å². The van der Waals surface area contributed by atoms with Gasteiger partial charge in [0.15, 0.2) is 0 Å². The van der Waals surface area contributed by atoms with Crippen LogP contribution in [0, 0.1) is 11.8 Å². The molecule has 0 saturated heterocycles. The molecule has 0 bridgehead atoms. The Kier molecular flexibility index (Phi) is 6.77. The molecule has 0 aromatic heterocycles. The number of hydrogen-bond donors (Lipinski definition) is 2. The van der Waals surface area contributed by atoms with E-state index in [4.69, 9.17) is 5.11 Å². The second-order valence-electron chi connectivity index (χ2n) is 5.56. The predicted molar refractivity (Wildman–Crippen MR) is 78.1 cm³/mol. The standard InChI is InChI=1S/C16H23NO3/c1-12(2)8-14(10-16(19)20)9-15(18)17-11-13-6-4-3-5-7-13/h3-7,12,14H,8-11H2,1-2H3,(H,17,18)(H,19,20)/t14-/m1/s1. The third-order valence-electron chi connectivity index (χ3n) is 3.07. The number of carbonyl (C=O) groups is 2. The van der Waals surface area contributed by atoms with Gasteiger partial charge in [-0.15, -0.1) is 0 Å². The molecule has 1 rings (SSSR count). The molecule has 0 unspecified atom stereocenters. The first-order valence-electron chi connectivity index (χ1n) is 6.99. The van der Waals surface area contributed by atoms with E-state index in [1.165, 1.54) is 0 Å². The van der Waals surface area contributed by atoms with Gasteiger partial charge in [-0.2, -0.15) is 0 Å². The maximum Gasteiger partial charge on any atom is 0.303 e. The molecule has 0 heterocycles. The Morgan fingerprint density at radius 3 is 2.35 bits per heavy atom. The molecule has 1 aromatic carbocycles. The van der Waals surface area contributed by atoms with E-state index in [0.717, 1.165) is 12.0 Å². The van der Waals surface area contributed by atoms with Crippen LogP contribution < -0.4 is 5.32 Å². The van der Waals surface area contributed by atoms with E-state index in [9.17, 15) is 9.59 Å². The van der Waals surface area contributed by atoms with Gasteiger partial charge in [-0.05, 0) is 23.8 Å². The topological polar surface area (TPSA) is 66.4 Å². The Labute approximate surface area is 120 Å². The number of carboxylic acid groups (broad SMARTS) is 1. The van der Waals surface area contributed by atoms with Crippen molar-refractivity contribution in [1.29, 1.82) is 0 Å². The molecule has 0 fully saturated rings. The molecule has 1 aromatic rings. The summed E-state index contributed by atoms with van der Waals surface area (Å²) in [5.41, 5.74) is 1.04. The van der Waals surface area contributed by atoms with Crippen molar-refractivity contribution in [3.05, 3.63) is 35.9 Å². The quantitative estimate of drug-likeness (QED) is 0.768. The smallest absolute Gasteiger partial charge is 0.303 e. The molecule has 0 aliphatic carbocycles. The van der Waals surface area contributed by atoms with Crippen molar-refractivity contribution in [1.82, 2.24) is 5.32 Å². The average molecular weight is 277 g/mol. The number of carboxylic acids is 1. The van der Waals surface area contributed by atoms with Crippen LogP contribution in [-0.2, 0) is 16.1 Å². The summed E-state index contributed by atoms with van der Waals surface area (Å²) in [6, 6.07) is 9.67. The van der Waals surface area contributed by atoms with Crippen LogP contribution in [0.2, 0.25) is 0 Å². The van der Waals surface area contributed by atoms with E-state index in [1.54, 1.807) is 0 Å². The highest BCUT2D eigenvalue weighted by molar-refractivity contribution is 5.77. The van der Waals surface area contributed by atoms with Gasteiger partial charge in [-0.3, -0.25) is 9.59 Å². The zero-order valence-corrected chi connectivity index (χ0v) is 12.1. The summed E-state index contributed by atoms with van der Waals surface area (Å²) >= 11 is 0. The maximum atomic E-state index is 11.9. The minimum Gasteiger partial charge on any atom is -0.481 e. The van der Waals surface area contributed by atoms with Crippen molar-refractivity contribution in [2.75, 3.05) is 0 Å². The van der Waals surface area contributed by atoms with E-state index in [-0.39, 0.29) is 24.7 Å². The van der Waals surface area contributed by atoms with Gasteiger partial charge in [0.25, 0.3) is 0 Å². The Hall–Kier alpha value is -1.84. The van der Waals surface area contributed by atoms with Crippen LogP contribution in [0.25, 0.3) is 0 Å². The molecule has 1 atom stereocenters. The zero-order valence-electron chi connectivity index (χ0n) is 12.1. The summed E-state index contributed by atoms with van der Waals surface area (Å²) in [6.07, 6.45) is 1.08. The Balaban J connectivity index is 2.42. The molecule has 1 amide bonds. The fraction of sp³-hybridized carbons (Fsp3) is 0.500. The number of hydrogen-bond acceptors (Lipinski definition) is 2. The summed E-state index contributed by atoms with van der Waals surface area (Å²) < 4.78 is 0. The predicted octanol–water partition coefficient (Wildman–Crippen LogP) is 2.83. The Bertz CT molecular complexity index is 429. The van der Waals surface area contributed by atoms with Crippen LogP contribution in [0.5, 0.6) is 0 Å². The number of nitrogens with one attached hydrogen (secondary N) is 1. The van der Waals surface area contributed by atoms with Gasteiger partial charge in [0.2, 0.25) is 5.91 Å². The molecular formula is C16H23NO3. The lowest BCUT2D eigenvalue weighted by molar-refractivity contribution is -0.138. The molecule has 110 valence electrons. The van der Waals surface area contributed by atoms with Crippen LogP contribution in [-0.4, -0.2) is 17.0 Å². The summed E-state index contributed by atoms with van der Waals surface area (Å²) in [7, 11) is 0. The van der Waals surface area contributed by atoms with Crippen molar-refractivity contribution in [2.24, 2.45) is 11.8 Å². The third-order valence-corrected chi connectivity index (χ3v) is 3.07. The van der Waals surface area contributed by atoms with Crippen molar-refractivity contribution < 1.29 is 14.7 Å². The largest absolute Gasteiger partial charge is 0.481 e. The monoisotopic (exact) mass is 277 g/mol. The molecule has 0 saturated carbocycles. The summed E-state index contributed by atoms with van der Waals surface area (Å²) in [6.45, 7) is 4.56. The molecule has 4 heteroatoms. The molecule has 0 aliphatic rings. The van der Waals surface area contributed by atoms with Gasteiger partial charge in [0.1, 0.15) is 0 Å². The van der Waals surface area contributed by atoms with Gasteiger partial charge >= 0.3 is 5.97 Å². The Morgan fingerprint density at radius 1 is 1.15 bits per heavy atom.